The summed E-state index contributed by atoms with van der Waals surface area (Å²) in [5, 5.41) is 10.9. The lowest BCUT2D eigenvalue weighted by Gasteiger charge is -2.32. The van der Waals surface area contributed by atoms with E-state index in [1.807, 2.05) is 0 Å². The van der Waals surface area contributed by atoms with Gasteiger partial charge in [0.25, 0.3) is 0 Å². The standard InChI is InChI=1S/C22H28N2O/c1-23-12-9-19(10-13-23)22(25)20-8-7-18-11-14-24(21(18)15-20)16-17-5-3-2-4-6-17/h2-8,15,19,22,25H,9-14,16H2,1H3. The molecule has 1 N–H and O–H groups in total. The van der Waals surface area contributed by atoms with E-state index in [4.69, 9.17) is 0 Å². The number of likely N-dealkylation sites (tertiary alicyclic amines) is 1. The van der Waals surface area contributed by atoms with Crippen LogP contribution in [0.1, 0.15) is 35.6 Å². The van der Waals surface area contributed by atoms with Gasteiger partial charge in [0.15, 0.2) is 0 Å². The smallest absolute Gasteiger partial charge is 0.0819 e. The molecule has 1 fully saturated rings. The van der Waals surface area contributed by atoms with E-state index in [0.29, 0.717) is 5.92 Å². The Bertz CT molecular complexity index is 707. The Kier molecular flexibility index (Phi) is 4.78. The lowest BCUT2D eigenvalue weighted by Crippen LogP contribution is -2.32. The molecule has 0 aliphatic carbocycles. The largest absolute Gasteiger partial charge is 0.388 e. The second-order valence-corrected chi connectivity index (χ2v) is 7.63. The molecule has 2 heterocycles. The summed E-state index contributed by atoms with van der Waals surface area (Å²) in [6, 6.07) is 17.3. The van der Waals surface area contributed by atoms with Crippen molar-refractivity contribution in [2.75, 3.05) is 31.6 Å². The second-order valence-electron chi connectivity index (χ2n) is 7.63. The molecule has 0 saturated carbocycles. The third-order valence-electron chi connectivity index (χ3n) is 5.87. The Morgan fingerprint density at radius 2 is 1.80 bits per heavy atom. The lowest BCUT2D eigenvalue weighted by molar-refractivity contribution is 0.0658. The number of hydrogen-bond donors (Lipinski definition) is 1. The molecule has 4 rings (SSSR count). The molecule has 0 spiro atoms. The minimum atomic E-state index is -0.335. The highest BCUT2D eigenvalue weighted by Crippen LogP contribution is 2.36. The summed E-state index contributed by atoms with van der Waals surface area (Å²) in [4.78, 5) is 4.81. The van der Waals surface area contributed by atoms with Crippen molar-refractivity contribution in [3.8, 4) is 0 Å². The molecule has 2 aromatic rings. The Balaban J connectivity index is 1.52. The molecule has 0 aromatic heterocycles. The maximum Gasteiger partial charge on any atom is 0.0819 e. The Morgan fingerprint density at radius 1 is 1.04 bits per heavy atom. The van der Waals surface area contributed by atoms with Gasteiger partial charge in [0.05, 0.1) is 6.10 Å². The van der Waals surface area contributed by atoms with Crippen LogP contribution in [0.3, 0.4) is 0 Å². The Hall–Kier alpha value is -1.84. The Labute approximate surface area is 150 Å². The summed E-state index contributed by atoms with van der Waals surface area (Å²) in [6.45, 7) is 4.19. The number of piperidine rings is 1. The molecular weight excluding hydrogens is 308 g/mol. The van der Waals surface area contributed by atoms with Crippen LogP contribution in [0.4, 0.5) is 5.69 Å². The van der Waals surface area contributed by atoms with Crippen molar-refractivity contribution in [2.24, 2.45) is 5.92 Å². The van der Waals surface area contributed by atoms with Crippen LogP contribution in [-0.4, -0.2) is 36.7 Å². The van der Waals surface area contributed by atoms with Gasteiger partial charge in [-0.15, -0.1) is 0 Å². The van der Waals surface area contributed by atoms with Crippen LogP contribution in [0.25, 0.3) is 0 Å². The average molecular weight is 336 g/mol. The molecule has 2 aliphatic heterocycles. The predicted molar refractivity (Wildman–Crippen MR) is 103 cm³/mol. The molecule has 3 heteroatoms. The number of benzene rings is 2. The Morgan fingerprint density at radius 3 is 2.56 bits per heavy atom. The van der Waals surface area contributed by atoms with Crippen LogP contribution in [0.15, 0.2) is 48.5 Å². The van der Waals surface area contributed by atoms with Crippen LogP contribution in [0.5, 0.6) is 0 Å². The number of fused-ring (bicyclic) bond motifs is 1. The van der Waals surface area contributed by atoms with E-state index >= 15 is 0 Å². The third-order valence-corrected chi connectivity index (χ3v) is 5.87. The van der Waals surface area contributed by atoms with Gasteiger partial charge >= 0.3 is 0 Å². The van der Waals surface area contributed by atoms with Gasteiger partial charge in [-0.2, -0.15) is 0 Å². The van der Waals surface area contributed by atoms with Crippen LogP contribution in [-0.2, 0) is 13.0 Å². The van der Waals surface area contributed by atoms with Crippen LogP contribution < -0.4 is 4.90 Å². The average Bonchev–Trinajstić information content (AvgIpc) is 3.05. The van der Waals surface area contributed by atoms with Crippen LogP contribution in [0, 0.1) is 5.92 Å². The van der Waals surface area contributed by atoms with E-state index in [1.165, 1.54) is 16.8 Å². The number of aliphatic hydroxyl groups excluding tert-OH is 1. The molecule has 0 amide bonds. The third kappa shape index (κ3) is 3.58. The number of hydrogen-bond acceptors (Lipinski definition) is 3. The van der Waals surface area contributed by atoms with Crippen molar-refractivity contribution in [3.63, 3.8) is 0 Å². The molecule has 0 radical (unpaired) electrons. The number of aliphatic hydroxyl groups is 1. The highest BCUT2D eigenvalue weighted by atomic mass is 16.3. The first kappa shape index (κ1) is 16.6. The molecule has 2 aliphatic rings. The van der Waals surface area contributed by atoms with E-state index in [1.54, 1.807) is 0 Å². The zero-order valence-electron chi connectivity index (χ0n) is 15.1. The number of rotatable bonds is 4. The van der Waals surface area contributed by atoms with Crippen molar-refractivity contribution in [1.29, 1.82) is 0 Å². The van der Waals surface area contributed by atoms with Gasteiger partial charge in [0.1, 0.15) is 0 Å². The molecule has 25 heavy (non-hydrogen) atoms. The monoisotopic (exact) mass is 336 g/mol. The molecule has 132 valence electrons. The predicted octanol–water partition coefficient (Wildman–Crippen LogP) is 3.62. The molecule has 1 saturated heterocycles. The zero-order chi connectivity index (χ0) is 17.2. The van der Waals surface area contributed by atoms with Crippen molar-refractivity contribution in [1.82, 2.24) is 4.90 Å². The maximum absolute atomic E-state index is 10.9. The van der Waals surface area contributed by atoms with Crippen LogP contribution >= 0.6 is 0 Å². The lowest BCUT2D eigenvalue weighted by atomic mass is 9.87. The minimum absolute atomic E-state index is 0.335. The first-order chi connectivity index (χ1) is 12.2. The summed E-state index contributed by atoms with van der Waals surface area (Å²) in [7, 11) is 2.17. The van der Waals surface area contributed by atoms with Gasteiger partial charge < -0.3 is 14.9 Å². The summed E-state index contributed by atoms with van der Waals surface area (Å²) in [6.07, 6.45) is 2.94. The summed E-state index contributed by atoms with van der Waals surface area (Å²) in [5.74, 6) is 0.387. The van der Waals surface area contributed by atoms with Crippen molar-refractivity contribution in [2.45, 2.75) is 31.9 Å². The van der Waals surface area contributed by atoms with Crippen molar-refractivity contribution in [3.05, 3.63) is 65.2 Å². The zero-order valence-corrected chi connectivity index (χ0v) is 15.1. The molecule has 0 bridgehead atoms. The molecule has 1 unspecified atom stereocenters. The van der Waals surface area contributed by atoms with Gasteiger partial charge in [0.2, 0.25) is 0 Å². The summed E-state index contributed by atoms with van der Waals surface area (Å²) >= 11 is 0. The fraction of sp³-hybridized carbons (Fsp3) is 0.455. The van der Waals surface area contributed by atoms with Gasteiger partial charge in [-0.1, -0.05) is 42.5 Å². The van der Waals surface area contributed by atoms with Crippen molar-refractivity contribution < 1.29 is 5.11 Å². The van der Waals surface area contributed by atoms with E-state index in [-0.39, 0.29) is 6.10 Å². The fourth-order valence-electron chi connectivity index (χ4n) is 4.23. The van der Waals surface area contributed by atoms with Gasteiger partial charge in [0, 0.05) is 18.8 Å². The van der Waals surface area contributed by atoms with E-state index < -0.39 is 0 Å². The van der Waals surface area contributed by atoms with Crippen LogP contribution in [0.2, 0.25) is 0 Å². The first-order valence-corrected chi connectivity index (χ1v) is 9.49. The SMILES string of the molecule is CN1CCC(C(O)c2ccc3c(c2)N(Cc2ccccc2)CC3)CC1. The maximum atomic E-state index is 10.9. The highest BCUT2D eigenvalue weighted by Gasteiger charge is 2.27. The van der Waals surface area contributed by atoms with E-state index in [0.717, 1.165) is 51.0 Å². The molecule has 1 atom stereocenters. The number of anilines is 1. The van der Waals surface area contributed by atoms with Gasteiger partial charge in [-0.05, 0) is 68.1 Å². The summed E-state index contributed by atoms with van der Waals surface area (Å²) in [5.41, 5.74) is 5.16. The highest BCUT2D eigenvalue weighted by molar-refractivity contribution is 5.60. The second kappa shape index (κ2) is 7.19. The topological polar surface area (TPSA) is 26.7 Å². The number of nitrogens with zero attached hydrogens (tertiary/aromatic N) is 2. The van der Waals surface area contributed by atoms with E-state index in [9.17, 15) is 5.11 Å². The summed E-state index contributed by atoms with van der Waals surface area (Å²) < 4.78 is 0. The fourth-order valence-corrected chi connectivity index (χ4v) is 4.23. The normalized spacial score (nSPS) is 19.8. The minimum Gasteiger partial charge on any atom is -0.388 e. The van der Waals surface area contributed by atoms with E-state index in [2.05, 4.69) is 65.4 Å². The van der Waals surface area contributed by atoms with Gasteiger partial charge in [-0.3, -0.25) is 0 Å². The molecule has 2 aromatic carbocycles. The molecule has 3 nitrogen and oxygen atoms in total. The van der Waals surface area contributed by atoms with Crippen molar-refractivity contribution >= 4 is 5.69 Å². The first-order valence-electron chi connectivity index (χ1n) is 9.49. The molecular formula is C22H28N2O. The van der Waals surface area contributed by atoms with Gasteiger partial charge in [-0.25, -0.2) is 0 Å². The quantitative estimate of drug-likeness (QED) is 0.924.